The van der Waals surface area contributed by atoms with Crippen LogP contribution in [0.3, 0.4) is 0 Å². The van der Waals surface area contributed by atoms with Crippen molar-refractivity contribution in [3.63, 3.8) is 0 Å². The Balaban J connectivity index is 2.39. The van der Waals surface area contributed by atoms with Crippen molar-refractivity contribution in [3.05, 3.63) is 43.2 Å². The van der Waals surface area contributed by atoms with Crippen LogP contribution >= 0.6 is 34.1 Å². The van der Waals surface area contributed by atoms with Crippen molar-refractivity contribution in [3.8, 4) is 6.07 Å². The van der Waals surface area contributed by atoms with E-state index in [0.29, 0.717) is 5.00 Å². The first kappa shape index (κ1) is 12.1. The zero-order chi connectivity index (χ0) is 12.4. The van der Waals surface area contributed by atoms with Crippen LogP contribution in [-0.4, -0.2) is 4.37 Å². The van der Waals surface area contributed by atoms with E-state index in [4.69, 9.17) is 5.26 Å². The predicted octanol–water partition coefficient (Wildman–Crippen LogP) is 2.96. The highest BCUT2D eigenvalue weighted by molar-refractivity contribution is 14.1. The molecule has 0 amide bonds. The molecule has 0 atom stereocenters. The van der Waals surface area contributed by atoms with E-state index in [9.17, 15) is 4.79 Å². The molecule has 6 heteroatoms. The molecule has 2 N–H and O–H groups in total. The number of rotatable bonds is 2. The van der Waals surface area contributed by atoms with Crippen LogP contribution in [0.5, 0.6) is 0 Å². The Morgan fingerprint density at radius 3 is 2.94 bits per heavy atom. The molecule has 1 heterocycles. The van der Waals surface area contributed by atoms with Crippen LogP contribution in [0.15, 0.2) is 23.0 Å². The fraction of sp³-hybridized carbons (Fsp3) is 0.0909. The minimum absolute atomic E-state index is 0.132. The van der Waals surface area contributed by atoms with Gasteiger partial charge in [-0.2, -0.15) is 5.26 Å². The number of nitriles is 1. The molecule has 4 nitrogen and oxygen atoms in total. The molecule has 2 rings (SSSR count). The van der Waals surface area contributed by atoms with E-state index in [2.05, 4.69) is 32.3 Å². The molecule has 2 aromatic rings. The number of hydrogen-bond donors (Lipinski definition) is 2. The van der Waals surface area contributed by atoms with Gasteiger partial charge in [-0.25, -0.2) is 0 Å². The second kappa shape index (κ2) is 4.89. The van der Waals surface area contributed by atoms with E-state index in [1.54, 1.807) is 0 Å². The number of anilines is 2. The number of aromatic amines is 1. The third kappa shape index (κ3) is 2.50. The Morgan fingerprint density at radius 2 is 2.29 bits per heavy atom. The summed E-state index contributed by atoms with van der Waals surface area (Å²) in [6.07, 6.45) is 0. The minimum atomic E-state index is -0.344. The molecule has 0 fully saturated rings. The second-order valence-corrected chi connectivity index (χ2v) is 5.50. The quantitative estimate of drug-likeness (QED) is 0.812. The maximum Gasteiger partial charge on any atom is 0.278 e. The molecule has 1 aromatic heterocycles. The summed E-state index contributed by atoms with van der Waals surface area (Å²) in [4.78, 5) is 11.3. The molecule has 1 aromatic carbocycles. The van der Waals surface area contributed by atoms with Crippen molar-refractivity contribution in [2.45, 2.75) is 6.92 Å². The highest BCUT2D eigenvalue weighted by atomic mass is 127. The maximum atomic E-state index is 11.3. The Morgan fingerprint density at radius 1 is 1.53 bits per heavy atom. The van der Waals surface area contributed by atoms with Gasteiger partial charge in [-0.1, -0.05) is 0 Å². The van der Waals surface area contributed by atoms with Crippen LogP contribution in [0.25, 0.3) is 0 Å². The third-order valence-corrected chi connectivity index (χ3v) is 3.72. The molecule has 17 heavy (non-hydrogen) atoms. The molecule has 0 aliphatic heterocycles. The maximum absolute atomic E-state index is 11.3. The molecule has 0 saturated carbocycles. The molecular weight excluding hydrogens is 349 g/mol. The van der Waals surface area contributed by atoms with Gasteiger partial charge >= 0.3 is 0 Å². The van der Waals surface area contributed by atoms with Crippen molar-refractivity contribution >= 4 is 44.8 Å². The summed E-state index contributed by atoms with van der Waals surface area (Å²) in [5, 5.41) is 12.5. The van der Waals surface area contributed by atoms with Gasteiger partial charge in [-0.05, 0) is 64.8 Å². The molecule has 0 saturated heterocycles. The normalized spacial score (nSPS) is 9.94. The van der Waals surface area contributed by atoms with Gasteiger partial charge in [0.25, 0.3) is 5.56 Å². The van der Waals surface area contributed by atoms with Crippen molar-refractivity contribution < 1.29 is 0 Å². The summed E-state index contributed by atoms with van der Waals surface area (Å²) in [7, 11) is 0. The summed E-state index contributed by atoms with van der Waals surface area (Å²) >= 11 is 3.37. The summed E-state index contributed by atoms with van der Waals surface area (Å²) in [6.45, 7) is 1.98. The first-order valence-electron chi connectivity index (χ1n) is 4.76. The van der Waals surface area contributed by atoms with Gasteiger partial charge in [0.2, 0.25) is 0 Å². The summed E-state index contributed by atoms with van der Waals surface area (Å²) in [6, 6.07) is 7.83. The number of nitrogens with one attached hydrogen (secondary N) is 2. The first-order chi connectivity index (χ1) is 8.11. The number of aromatic nitrogens is 1. The number of halogens is 1. The van der Waals surface area contributed by atoms with Crippen molar-refractivity contribution in [2.75, 3.05) is 5.32 Å². The summed E-state index contributed by atoms with van der Waals surface area (Å²) in [5.74, 6) is 0. The number of aryl methyl sites for hydroxylation is 1. The number of H-pyrrole nitrogens is 1. The zero-order valence-electron chi connectivity index (χ0n) is 8.87. The van der Waals surface area contributed by atoms with Crippen LogP contribution < -0.4 is 10.9 Å². The Bertz CT molecular complexity index is 653. The van der Waals surface area contributed by atoms with Gasteiger partial charge in [0.15, 0.2) is 5.56 Å². The lowest BCUT2D eigenvalue weighted by molar-refractivity contribution is 1.37. The SMILES string of the molecule is Cc1cc(I)ccc1Nc1s[nH]c(=O)c1C#N. The lowest BCUT2D eigenvalue weighted by Gasteiger charge is -2.07. The fourth-order valence-electron chi connectivity index (χ4n) is 1.38. The third-order valence-electron chi connectivity index (χ3n) is 2.25. The molecule has 86 valence electrons. The fourth-order valence-corrected chi connectivity index (χ4v) is 2.73. The number of hydrogen-bond acceptors (Lipinski definition) is 4. The van der Waals surface area contributed by atoms with Gasteiger partial charge in [0.1, 0.15) is 11.1 Å². The standard InChI is InChI=1S/C11H8IN3OS/c1-6-4-7(12)2-3-9(6)14-11-8(5-13)10(16)15-17-11/h2-4,14H,1H3,(H,15,16). The van der Waals surface area contributed by atoms with E-state index in [1.165, 1.54) is 0 Å². The number of nitrogens with zero attached hydrogens (tertiary/aromatic N) is 1. The van der Waals surface area contributed by atoms with Gasteiger partial charge in [-0.15, -0.1) is 0 Å². The van der Waals surface area contributed by atoms with Crippen LogP contribution in [0.4, 0.5) is 10.7 Å². The topological polar surface area (TPSA) is 68.7 Å². The van der Waals surface area contributed by atoms with E-state index in [0.717, 1.165) is 26.4 Å². The Kier molecular flexibility index (Phi) is 3.49. The van der Waals surface area contributed by atoms with Gasteiger partial charge in [0.05, 0.1) is 0 Å². The molecular formula is C11H8IN3OS. The van der Waals surface area contributed by atoms with Crippen molar-refractivity contribution in [2.24, 2.45) is 0 Å². The van der Waals surface area contributed by atoms with Gasteiger partial charge in [-0.3, -0.25) is 9.17 Å². The second-order valence-electron chi connectivity index (χ2n) is 3.43. The molecule has 0 spiro atoms. The molecule has 0 radical (unpaired) electrons. The van der Waals surface area contributed by atoms with E-state index >= 15 is 0 Å². The molecule has 0 bridgehead atoms. The van der Waals surface area contributed by atoms with Gasteiger partial charge < -0.3 is 5.32 Å². The van der Waals surface area contributed by atoms with Crippen molar-refractivity contribution in [1.82, 2.24) is 4.37 Å². The van der Waals surface area contributed by atoms with Crippen LogP contribution in [0.2, 0.25) is 0 Å². The van der Waals surface area contributed by atoms with Gasteiger partial charge in [0, 0.05) is 9.26 Å². The predicted molar refractivity (Wildman–Crippen MR) is 76.8 cm³/mol. The highest BCUT2D eigenvalue weighted by Gasteiger charge is 2.10. The average Bonchev–Trinajstić information content (AvgIpc) is 2.63. The molecule has 0 aliphatic carbocycles. The Labute approximate surface area is 116 Å². The average molecular weight is 357 g/mol. The molecule has 0 unspecified atom stereocenters. The lowest BCUT2D eigenvalue weighted by Crippen LogP contribution is -2.03. The first-order valence-corrected chi connectivity index (χ1v) is 6.66. The summed E-state index contributed by atoms with van der Waals surface area (Å²) in [5.41, 5.74) is 1.76. The summed E-state index contributed by atoms with van der Waals surface area (Å²) < 4.78 is 3.69. The van der Waals surface area contributed by atoms with Crippen LogP contribution in [-0.2, 0) is 0 Å². The van der Waals surface area contributed by atoms with E-state index < -0.39 is 0 Å². The van der Waals surface area contributed by atoms with Crippen LogP contribution in [0, 0.1) is 21.8 Å². The van der Waals surface area contributed by atoms with Crippen LogP contribution in [0.1, 0.15) is 11.1 Å². The lowest BCUT2D eigenvalue weighted by atomic mass is 10.2. The monoisotopic (exact) mass is 357 g/mol. The number of benzene rings is 1. The zero-order valence-corrected chi connectivity index (χ0v) is 11.8. The van der Waals surface area contributed by atoms with E-state index in [1.807, 2.05) is 31.2 Å². The molecule has 0 aliphatic rings. The Hall–Kier alpha value is -1.33. The smallest absolute Gasteiger partial charge is 0.278 e. The largest absolute Gasteiger partial charge is 0.345 e. The minimum Gasteiger partial charge on any atom is -0.345 e. The highest BCUT2D eigenvalue weighted by Crippen LogP contribution is 2.25. The van der Waals surface area contributed by atoms with Crippen molar-refractivity contribution in [1.29, 1.82) is 5.26 Å². The van der Waals surface area contributed by atoms with E-state index in [-0.39, 0.29) is 11.1 Å².